The fourth-order valence-corrected chi connectivity index (χ4v) is 3.11. The van der Waals surface area contributed by atoms with Crippen LogP contribution in [0, 0.1) is 0 Å². The van der Waals surface area contributed by atoms with Gasteiger partial charge in [0.15, 0.2) is 5.82 Å². The summed E-state index contributed by atoms with van der Waals surface area (Å²) in [7, 11) is 1.68. The highest BCUT2D eigenvalue weighted by Crippen LogP contribution is 2.27. The largest absolute Gasteiger partial charge is 0.497 e. The van der Waals surface area contributed by atoms with E-state index in [1.165, 1.54) is 11.1 Å². The van der Waals surface area contributed by atoms with E-state index >= 15 is 0 Å². The number of aromatic nitrogens is 2. The van der Waals surface area contributed by atoms with Crippen LogP contribution in [0.5, 0.6) is 5.75 Å². The molecule has 0 saturated heterocycles. The van der Waals surface area contributed by atoms with Gasteiger partial charge in [-0.2, -0.15) is 4.98 Å². The summed E-state index contributed by atoms with van der Waals surface area (Å²) >= 11 is 0. The molecule has 1 unspecified atom stereocenters. The molecule has 2 aromatic carbocycles. The predicted molar refractivity (Wildman–Crippen MR) is 105 cm³/mol. The van der Waals surface area contributed by atoms with E-state index in [0.717, 1.165) is 17.9 Å². The summed E-state index contributed by atoms with van der Waals surface area (Å²) in [5.74, 6) is 1.99. The quantitative estimate of drug-likeness (QED) is 0.654. The van der Waals surface area contributed by atoms with Gasteiger partial charge in [-0.25, -0.2) is 0 Å². The van der Waals surface area contributed by atoms with Crippen molar-refractivity contribution in [1.82, 2.24) is 15.0 Å². The van der Waals surface area contributed by atoms with Gasteiger partial charge in [0.1, 0.15) is 5.75 Å². The van der Waals surface area contributed by atoms with Crippen LogP contribution >= 0.6 is 0 Å². The zero-order valence-electron chi connectivity index (χ0n) is 16.1. The maximum atomic E-state index is 5.54. The third-order valence-electron chi connectivity index (χ3n) is 4.78. The van der Waals surface area contributed by atoms with Crippen LogP contribution in [0.15, 0.2) is 53.1 Å². The summed E-state index contributed by atoms with van der Waals surface area (Å²) in [6.45, 7) is 6.09. The van der Waals surface area contributed by atoms with Gasteiger partial charge in [0.05, 0.1) is 20.2 Å². The van der Waals surface area contributed by atoms with Gasteiger partial charge in [-0.15, -0.1) is 0 Å². The van der Waals surface area contributed by atoms with Gasteiger partial charge in [0.2, 0.25) is 5.89 Å². The summed E-state index contributed by atoms with van der Waals surface area (Å²) in [4.78, 5) is 6.60. The summed E-state index contributed by atoms with van der Waals surface area (Å²) in [5.41, 5.74) is 9.09. The van der Waals surface area contributed by atoms with Gasteiger partial charge >= 0.3 is 0 Å². The van der Waals surface area contributed by atoms with Crippen LogP contribution in [-0.4, -0.2) is 28.7 Å². The summed E-state index contributed by atoms with van der Waals surface area (Å²) in [6, 6.07) is 17.0. The molecule has 0 radical (unpaired) electrons. The lowest BCUT2D eigenvalue weighted by Gasteiger charge is -2.27. The molecular formula is C21H26N4O2. The van der Waals surface area contributed by atoms with E-state index in [1.807, 2.05) is 18.2 Å². The maximum absolute atomic E-state index is 5.54. The molecule has 27 heavy (non-hydrogen) atoms. The Balaban J connectivity index is 1.74. The number of rotatable bonds is 8. The monoisotopic (exact) mass is 366 g/mol. The fraction of sp³-hybridized carbons (Fsp3) is 0.333. The minimum atomic E-state index is 0.231. The average Bonchev–Trinajstić information content (AvgIpc) is 3.19. The van der Waals surface area contributed by atoms with Crippen LogP contribution in [-0.2, 0) is 13.1 Å². The van der Waals surface area contributed by atoms with Crippen LogP contribution in [0.1, 0.15) is 37.2 Å². The minimum absolute atomic E-state index is 0.231. The molecule has 6 heteroatoms. The molecule has 0 spiro atoms. The molecule has 2 N–H and O–H groups in total. The first kappa shape index (κ1) is 19.1. The molecule has 0 saturated carbocycles. The van der Waals surface area contributed by atoms with Crippen molar-refractivity contribution < 1.29 is 9.26 Å². The molecule has 1 heterocycles. The van der Waals surface area contributed by atoms with E-state index in [9.17, 15) is 0 Å². The molecule has 0 fully saturated rings. The molecule has 0 amide bonds. The number of benzene rings is 2. The third-order valence-corrected chi connectivity index (χ3v) is 4.78. The van der Waals surface area contributed by atoms with E-state index < -0.39 is 0 Å². The van der Waals surface area contributed by atoms with E-state index in [2.05, 4.69) is 59.2 Å². The van der Waals surface area contributed by atoms with Crippen molar-refractivity contribution >= 4 is 0 Å². The molecular weight excluding hydrogens is 340 g/mol. The molecule has 1 aromatic heterocycles. The van der Waals surface area contributed by atoms with Crippen molar-refractivity contribution in [2.24, 2.45) is 5.73 Å². The van der Waals surface area contributed by atoms with Gasteiger partial charge in [-0.1, -0.05) is 48.5 Å². The maximum Gasteiger partial charge on any atom is 0.240 e. The molecule has 0 aliphatic rings. The number of nitrogens with zero attached hydrogens (tertiary/aromatic N) is 3. The topological polar surface area (TPSA) is 77.4 Å². The van der Waals surface area contributed by atoms with Crippen LogP contribution in [0.25, 0.3) is 11.1 Å². The van der Waals surface area contributed by atoms with Crippen LogP contribution in [0.3, 0.4) is 0 Å². The van der Waals surface area contributed by atoms with Gasteiger partial charge < -0.3 is 15.0 Å². The zero-order chi connectivity index (χ0) is 19.2. The van der Waals surface area contributed by atoms with E-state index in [-0.39, 0.29) is 12.6 Å². The molecule has 0 aliphatic carbocycles. The summed E-state index contributed by atoms with van der Waals surface area (Å²) < 4.78 is 10.4. The number of nitrogens with two attached hydrogens (primary N) is 1. The molecule has 3 aromatic rings. The predicted octanol–water partition coefficient (Wildman–Crippen LogP) is 3.79. The summed E-state index contributed by atoms with van der Waals surface area (Å²) in [5, 5.41) is 4.00. The third kappa shape index (κ3) is 4.53. The Morgan fingerprint density at radius 2 is 1.93 bits per heavy atom. The van der Waals surface area contributed by atoms with Crippen molar-refractivity contribution in [3.63, 3.8) is 0 Å². The molecule has 0 aliphatic heterocycles. The first-order valence-corrected chi connectivity index (χ1v) is 9.14. The van der Waals surface area contributed by atoms with Crippen molar-refractivity contribution in [1.29, 1.82) is 0 Å². The second-order valence-corrected chi connectivity index (χ2v) is 6.40. The Bertz CT molecular complexity index is 861. The molecule has 142 valence electrons. The Morgan fingerprint density at radius 1 is 1.15 bits per heavy atom. The first-order valence-electron chi connectivity index (χ1n) is 9.14. The Labute approximate surface area is 159 Å². The number of methoxy groups -OCH3 is 1. The lowest BCUT2D eigenvalue weighted by atomic mass is 10.0. The van der Waals surface area contributed by atoms with E-state index in [0.29, 0.717) is 18.3 Å². The van der Waals surface area contributed by atoms with Crippen LogP contribution in [0.2, 0.25) is 0 Å². The Morgan fingerprint density at radius 3 is 2.56 bits per heavy atom. The van der Waals surface area contributed by atoms with E-state index in [4.69, 9.17) is 15.0 Å². The molecule has 0 bridgehead atoms. The SMILES string of the molecule is CCN(Cc1noc(CN)n1)C(C)c1ccc(-c2cccc(OC)c2)cc1. The normalized spacial score (nSPS) is 12.3. The zero-order valence-corrected chi connectivity index (χ0v) is 16.1. The lowest BCUT2D eigenvalue weighted by molar-refractivity contribution is 0.204. The lowest BCUT2D eigenvalue weighted by Crippen LogP contribution is -2.27. The highest BCUT2D eigenvalue weighted by atomic mass is 16.5. The van der Waals surface area contributed by atoms with Crippen LogP contribution in [0.4, 0.5) is 0 Å². The highest BCUT2D eigenvalue weighted by molar-refractivity contribution is 5.65. The molecule has 1 atom stereocenters. The van der Waals surface area contributed by atoms with Crippen molar-refractivity contribution in [2.45, 2.75) is 33.0 Å². The van der Waals surface area contributed by atoms with Gasteiger partial charge in [-0.3, -0.25) is 4.90 Å². The van der Waals surface area contributed by atoms with Gasteiger partial charge in [0, 0.05) is 6.04 Å². The second-order valence-electron chi connectivity index (χ2n) is 6.40. The standard InChI is InChI=1S/C21H26N4O2/c1-4-25(14-20-23-21(13-22)27-24-20)15(2)16-8-10-17(11-9-16)18-6-5-7-19(12-18)26-3/h5-12,15H,4,13-14,22H2,1-3H3. The van der Waals surface area contributed by atoms with Crippen molar-refractivity contribution in [2.75, 3.05) is 13.7 Å². The molecule has 3 rings (SSSR count). The van der Waals surface area contributed by atoms with Gasteiger partial charge in [-0.05, 0) is 42.3 Å². The number of hydrogen-bond donors (Lipinski definition) is 1. The molecule has 6 nitrogen and oxygen atoms in total. The summed E-state index contributed by atoms with van der Waals surface area (Å²) in [6.07, 6.45) is 0. The Kier molecular flexibility index (Phi) is 6.21. The van der Waals surface area contributed by atoms with Crippen molar-refractivity contribution in [3.8, 4) is 16.9 Å². The fourth-order valence-electron chi connectivity index (χ4n) is 3.11. The highest BCUT2D eigenvalue weighted by Gasteiger charge is 2.17. The van der Waals surface area contributed by atoms with Gasteiger partial charge in [0.25, 0.3) is 0 Å². The number of ether oxygens (including phenoxy) is 1. The first-order chi connectivity index (χ1) is 13.1. The smallest absolute Gasteiger partial charge is 0.240 e. The average molecular weight is 366 g/mol. The second kappa shape index (κ2) is 8.79. The Hall–Kier alpha value is -2.70. The van der Waals surface area contributed by atoms with E-state index in [1.54, 1.807) is 7.11 Å². The minimum Gasteiger partial charge on any atom is -0.497 e. The number of hydrogen-bond acceptors (Lipinski definition) is 6. The van der Waals surface area contributed by atoms with Crippen LogP contribution < -0.4 is 10.5 Å². The van der Waals surface area contributed by atoms with Crippen molar-refractivity contribution in [3.05, 3.63) is 65.8 Å².